The zero-order valence-electron chi connectivity index (χ0n) is 10.9. The van der Waals surface area contributed by atoms with E-state index in [1.54, 1.807) is 0 Å². The van der Waals surface area contributed by atoms with Crippen LogP contribution in [0, 0.1) is 5.92 Å². The van der Waals surface area contributed by atoms with Crippen molar-refractivity contribution in [3.8, 4) is 0 Å². The van der Waals surface area contributed by atoms with Crippen LogP contribution in [0.4, 0.5) is 0 Å². The summed E-state index contributed by atoms with van der Waals surface area (Å²) in [5.41, 5.74) is 4.92. The highest BCUT2D eigenvalue weighted by Gasteiger charge is 2.30. The molecule has 0 bridgehead atoms. The minimum absolute atomic E-state index is 0.0282. The van der Waals surface area contributed by atoms with E-state index in [1.807, 2.05) is 0 Å². The number of nitrogens with one attached hydrogen (secondary N) is 1. The van der Waals surface area contributed by atoms with Gasteiger partial charge in [-0.05, 0) is 18.8 Å². The van der Waals surface area contributed by atoms with Gasteiger partial charge in [0, 0.05) is 12.8 Å². The van der Waals surface area contributed by atoms with Gasteiger partial charge in [0.15, 0.2) is 9.84 Å². The number of primary amides is 1. The molecule has 20 heavy (non-hydrogen) atoms. The Hall–Kier alpha value is -1.64. The molecule has 0 aliphatic carbocycles. The van der Waals surface area contributed by atoms with Crippen LogP contribution in [-0.2, 0) is 24.2 Å². The maximum atomic E-state index is 11.7. The molecule has 9 heteroatoms. The van der Waals surface area contributed by atoms with Crippen molar-refractivity contribution >= 4 is 27.6 Å². The maximum absolute atomic E-state index is 11.7. The number of aliphatic carboxylic acids is 1. The number of amides is 2. The van der Waals surface area contributed by atoms with E-state index in [1.165, 1.54) is 0 Å². The first kappa shape index (κ1) is 16.4. The van der Waals surface area contributed by atoms with Gasteiger partial charge in [-0.3, -0.25) is 9.59 Å². The molecule has 4 N–H and O–H groups in total. The van der Waals surface area contributed by atoms with E-state index in [4.69, 9.17) is 10.8 Å². The van der Waals surface area contributed by atoms with Gasteiger partial charge < -0.3 is 16.2 Å². The fourth-order valence-corrected chi connectivity index (χ4v) is 3.95. The molecule has 8 nitrogen and oxygen atoms in total. The normalized spacial score (nSPS) is 22.1. The lowest BCUT2D eigenvalue weighted by molar-refractivity contribution is -0.142. The number of carbonyl (C=O) groups is 3. The van der Waals surface area contributed by atoms with Crippen LogP contribution < -0.4 is 11.1 Å². The first-order valence-electron chi connectivity index (χ1n) is 6.20. The highest BCUT2D eigenvalue weighted by Crippen LogP contribution is 2.21. The third-order valence-corrected chi connectivity index (χ3v) is 4.95. The van der Waals surface area contributed by atoms with Crippen molar-refractivity contribution < 1.29 is 27.9 Å². The van der Waals surface area contributed by atoms with E-state index in [-0.39, 0.29) is 36.7 Å². The Bertz CT molecular complexity index is 501. The molecular weight excluding hydrogens is 288 g/mol. The monoisotopic (exact) mass is 306 g/mol. The van der Waals surface area contributed by atoms with Crippen LogP contribution in [0.1, 0.15) is 25.7 Å². The number of hydrogen-bond donors (Lipinski definition) is 3. The number of carboxylic acids is 1. The lowest BCUT2D eigenvalue weighted by Gasteiger charge is -2.15. The van der Waals surface area contributed by atoms with Gasteiger partial charge in [0.05, 0.1) is 11.5 Å². The molecule has 1 fully saturated rings. The van der Waals surface area contributed by atoms with E-state index in [0.717, 1.165) is 0 Å². The highest BCUT2D eigenvalue weighted by molar-refractivity contribution is 7.91. The number of nitrogens with two attached hydrogens (primary N) is 1. The predicted molar refractivity (Wildman–Crippen MR) is 69.4 cm³/mol. The van der Waals surface area contributed by atoms with Crippen molar-refractivity contribution in [1.82, 2.24) is 5.32 Å². The van der Waals surface area contributed by atoms with Crippen molar-refractivity contribution in [2.24, 2.45) is 11.7 Å². The maximum Gasteiger partial charge on any atom is 0.326 e. The summed E-state index contributed by atoms with van der Waals surface area (Å²) in [6, 6.07) is -1.19. The van der Waals surface area contributed by atoms with Crippen LogP contribution in [0.3, 0.4) is 0 Å². The Morgan fingerprint density at radius 2 is 2.00 bits per heavy atom. The Balaban J connectivity index is 2.46. The van der Waals surface area contributed by atoms with Gasteiger partial charge in [0.25, 0.3) is 0 Å². The zero-order chi connectivity index (χ0) is 15.3. The van der Waals surface area contributed by atoms with E-state index < -0.39 is 33.7 Å². The van der Waals surface area contributed by atoms with Crippen molar-refractivity contribution in [3.63, 3.8) is 0 Å². The topological polar surface area (TPSA) is 144 Å². The molecule has 0 spiro atoms. The van der Waals surface area contributed by atoms with E-state index >= 15 is 0 Å². The third-order valence-electron chi connectivity index (χ3n) is 3.11. The van der Waals surface area contributed by atoms with E-state index in [9.17, 15) is 22.8 Å². The number of carboxylic acid groups (broad SMARTS) is 1. The molecule has 0 aromatic carbocycles. The second-order valence-electron chi connectivity index (χ2n) is 4.94. The molecule has 2 unspecified atom stereocenters. The molecule has 114 valence electrons. The zero-order valence-corrected chi connectivity index (χ0v) is 11.7. The molecule has 1 rings (SSSR count). The Morgan fingerprint density at radius 3 is 2.45 bits per heavy atom. The summed E-state index contributed by atoms with van der Waals surface area (Å²) < 4.78 is 22.5. The smallest absolute Gasteiger partial charge is 0.326 e. The van der Waals surface area contributed by atoms with Gasteiger partial charge in [-0.2, -0.15) is 0 Å². The summed E-state index contributed by atoms with van der Waals surface area (Å²) >= 11 is 0. The summed E-state index contributed by atoms with van der Waals surface area (Å²) in [7, 11) is -3.06. The summed E-state index contributed by atoms with van der Waals surface area (Å²) in [5.74, 6) is -2.67. The Labute approximate surface area is 116 Å². The van der Waals surface area contributed by atoms with Gasteiger partial charge in [-0.15, -0.1) is 0 Å². The quantitative estimate of drug-likeness (QED) is 0.530. The molecule has 0 saturated carbocycles. The van der Waals surface area contributed by atoms with E-state index in [0.29, 0.717) is 6.42 Å². The second-order valence-corrected chi connectivity index (χ2v) is 7.17. The minimum atomic E-state index is -3.06. The molecule has 2 atom stereocenters. The SMILES string of the molecule is NC(=O)CCC(NC(=O)CC1CCS(=O)(=O)C1)C(=O)O. The lowest BCUT2D eigenvalue weighted by Crippen LogP contribution is -2.42. The van der Waals surface area contributed by atoms with Crippen molar-refractivity contribution in [1.29, 1.82) is 0 Å². The number of rotatable bonds is 7. The van der Waals surface area contributed by atoms with Gasteiger partial charge in [-0.1, -0.05) is 0 Å². The largest absolute Gasteiger partial charge is 0.480 e. The molecule has 0 aromatic heterocycles. The van der Waals surface area contributed by atoms with Gasteiger partial charge in [0.1, 0.15) is 6.04 Å². The van der Waals surface area contributed by atoms with Crippen LogP contribution >= 0.6 is 0 Å². The van der Waals surface area contributed by atoms with Crippen LogP contribution in [-0.4, -0.2) is 48.9 Å². The number of carbonyl (C=O) groups excluding carboxylic acids is 2. The molecule has 0 aromatic rings. The predicted octanol–water partition coefficient (Wildman–Crippen LogP) is -1.35. The van der Waals surface area contributed by atoms with Crippen LogP contribution in [0.15, 0.2) is 0 Å². The fraction of sp³-hybridized carbons (Fsp3) is 0.727. The lowest BCUT2D eigenvalue weighted by atomic mass is 10.0. The van der Waals surface area contributed by atoms with Gasteiger partial charge in [0.2, 0.25) is 11.8 Å². The molecule has 1 saturated heterocycles. The first-order chi connectivity index (χ1) is 9.19. The van der Waals surface area contributed by atoms with Crippen LogP contribution in [0.2, 0.25) is 0 Å². The summed E-state index contributed by atoms with van der Waals surface area (Å²) in [6.45, 7) is 0. The van der Waals surface area contributed by atoms with Crippen molar-refractivity contribution in [2.75, 3.05) is 11.5 Å². The first-order valence-corrected chi connectivity index (χ1v) is 8.02. The standard InChI is InChI=1S/C11H18N2O6S/c12-9(14)2-1-8(11(16)17)13-10(15)5-7-3-4-20(18,19)6-7/h7-8H,1-6H2,(H2,12,14)(H,13,15)(H,16,17). The van der Waals surface area contributed by atoms with Gasteiger partial charge >= 0.3 is 5.97 Å². The Kier molecular flexibility index (Phi) is 5.49. The average molecular weight is 306 g/mol. The number of sulfone groups is 1. The Morgan fingerprint density at radius 1 is 1.35 bits per heavy atom. The molecule has 2 amide bonds. The molecule has 1 heterocycles. The highest BCUT2D eigenvalue weighted by atomic mass is 32.2. The van der Waals surface area contributed by atoms with Gasteiger partial charge in [-0.25, -0.2) is 13.2 Å². The fourth-order valence-electron chi connectivity index (χ4n) is 2.09. The number of hydrogen-bond acceptors (Lipinski definition) is 5. The van der Waals surface area contributed by atoms with Crippen LogP contribution in [0.25, 0.3) is 0 Å². The second kappa shape index (κ2) is 6.69. The van der Waals surface area contributed by atoms with Crippen molar-refractivity contribution in [2.45, 2.75) is 31.7 Å². The van der Waals surface area contributed by atoms with Crippen LogP contribution in [0.5, 0.6) is 0 Å². The summed E-state index contributed by atoms with van der Waals surface area (Å²) in [5, 5.41) is 11.2. The third kappa shape index (κ3) is 5.55. The van der Waals surface area contributed by atoms with Crippen molar-refractivity contribution in [3.05, 3.63) is 0 Å². The molecule has 1 aliphatic heterocycles. The minimum Gasteiger partial charge on any atom is -0.480 e. The molecule has 0 radical (unpaired) electrons. The molecular formula is C11H18N2O6S. The summed E-state index contributed by atoms with van der Waals surface area (Å²) in [6.07, 6.45) is 0.156. The molecule has 1 aliphatic rings. The van der Waals surface area contributed by atoms with E-state index in [2.05, 4.69) is 5.32 Å². The summed E-state index contributed by atoms with van der Waals surface area (Å²) in [4.78, 5) is 33.2. The average Bonchev–Trinajstić information content (AvgIpc) is 2.63.